The average molecular weight is 436 g/mol. The molecule has 1 aliphatic carbocycles. The molecule has 0 atom stereocenters. The first kappa shape index (κ1) is 20.6. The Balaban J connectivity index is 1.49. The Labute approximate surface area is 187 Å². The fraction of sp³-hybridized carbons (Fsp3) is 0.458. The number of fused-ring (bicyclic) bond motifs is 1. The molecule has 2 aromatic heterocycles. The van der Waals surface area contributed by atoms with Crippen molar-refractivity contribution >= 4 is 5.91 Å². The molecule has 8 heteroatoms. The zero-order valence-corrected chi connectivity index (χ0v) is 19.1. The summed E-state index contributed by atoms with van der Waals surface area (Å²) in [5, 5.41) is 4.84. The lowest BCUT2D eigenvalue weighted by Gasteiger charge is -2.28. The summed E-state index contributed by atoms with van der Waals surface area (Å²) in [5.41, 5.74) is 4.78. The molecule has 1 amide bonds. The van der Waals surface area contributed by atoms with E-state index in [2.05, 4.69) is 11.5 Å². The van der Waals surface area contributed by atoms with E-state index in [0.29, 0.717) is 30.2 Å². The van der Waals surface area contributed by atoms with Gasteiger partial charge in [-0.05, 0) is 37.8 Å². The zero-order chi connectivity index (χ0) is 22.4. The Morgan fingerprint density at radius 2 is 2.03 bits per heavy atom. The summed E-state index contributed by atoms with van der Waals surface area (Å²) in [5.74, 6) is 2.58. The van der Waals surface area contributed by atoms with Crippen LogP contribution in [0.25, 0.3) is 11.5 Å². The van der Waals surface area contributed by atoms with E-state index in [-0.39, 0.29) is 5.91 Å². The third kappa shape index (κ3) is 3.43. The molecule has 1 aromatic carbocycles. The molecule has 3 heterocycles. The van der Waals surface area contributed by atoms with Crippen molar-refractivity contribution in [3.8, 4) is 23.0 Å². The molecule has 0 spiro atoms. The normalized spacial score (nSPS) is 15.6. The number of carbonyl (C=O) groups is 1. The molecule has 8 nitrogen and oxygen atoms in total. The summed E-state index contributed by atoms with van der Waals surface area (Å²) in [7, 11) is 5.11. The highest BCUT2D eigenvalue weighted by Crippen LogP contribution is 2.36. The number of para-hydroxylation sites is 1. The number of aromatic nitrogens is 4. The number of amides is 1. The van der Waals surface area contributed by atoms with Crippen molar-refractivity contribution in [1.82, 2.24) is 24.2 Å². The highest BCUT2D eigenvalue weighted by atomic mass is 16.5. The van der Waals surface area contributed by atoms with E-state index in [4.69, 9.17) is 19.6 Å². The van der Waals surface area contributed by atoms with Gasteiger partial charge < -0.3 is 18.9 Å². The Bertz CT molecular complexity index is 1170. The summed E-state index contributed by atoms with van der Waals surface area (Å²) < 4.78 is 15.1. The molecule has 2 aliphatic rings. The lowest BCUT2D eigenvalue weighted by atomic mass is 10.0. The van der Waals surface area contributed by atoms with E-state index in [0.717, 1.165) is 41.7 Å². The molecular weight excluding hydrogens is 406 g/mol. The van der Waals surface area contributed by atoms with Gasteiger partial charge in [-0.25, -0.2) is 4.98 Å². The van der Waals surface area contributed by atoms with Crippen LogP contribution in [0, 0.1) is 12.8 Å². The third-order valence-corrected chi connectivity index (χ3v) is 6.57. The quantitative estimate of drug-likeness (QED) is 0.594. The minimum absolute atomic E-state index is 0.0706. The van der Waals surface area contributed by atoms with Crippen molar-refractivity contribution in [1.29, 1.82) is 0 Å². The number of aryl methyl sites for hydroxylation is 2. The van der Waals surface area contributed by atoms with Crippen molar-refractivity contribution in [3.05, 3.63) is 46.9 Å². The first-order chi connectivity index (χ1) is 15.5. The summed E-state index contributed by atoms with van der Waals surface area (Å²) >= 11 is 0. The second-order valence-electron chi connectivity index (χ2n) is 8.69. The molecule has 0 radical (unpaired) electrons. The number of rotatable bonds is 6. The number of hydrogen-bond donors (Lipinski definition) is 0. The lowest BCUT2D eigenvalue weighted by molar-refractivity contribution is 0.0729. The van der Waals surface area contributed by atoms with Crippen LogP contribution in [-0.4, -0.2) is 50.9 Å². The number of benzene rings is 1. The van der Waals surface area contributed by atoms with E-state index < -0.39 is 0 Å². The van der Waals surface area contributed by atoms with Gasteiger partial charge in [-0.15, -0.1) is 0 Å². The topological polar surface area (TPSA) is 74.4 Å². The highest BCUT2D eigenvalue weighted by Gasteiger charge is 2.32. The van der Waals surface area contributed by atoms with E-state index in [9.17, 15) is 4.79 Å². The standard InChI is InChI=1S/C24H29N5O3/c1-15-12-25-23(29(15)13-16-8-9-16)21-18-14-28(11-10-19(18)27(2)26-21)24(30)17-6-5-7-20(31-3)22(17)32-4/h5-7,12,16H,8-11,13-14H2,1-4H3. The molecule has 1 aliphatic heterocycles. The predicted octanol–water partition coefficient (Wildman–Crippen LogP) is 3.22. The van der Waals surface area contributed by atoms with Crippen LogP contribution in [0.3, 0.4) is 0 Å². The Morgan fingerprint density at radius 1 is 1.22 bits per heavy atom. The SMILES string of the molecule is COc1cccc(C(=O)N2CCc3c(c(-c4ncc(C)n4CC4CC4)nn3C)C2)c1OC. The maximum Gasteiger partial charge on any atom is 0.258 e. The van der Waals surface area contributed by atoms with Crippen molar-refractivity contribution in [2.24, 2.45) is 13.0 Å². The number of methoxy groups -OCH3 is 2. The monoisotopic (exact) mass is 435 g/mol. The van der Waals surface area contributed by atoms with Gasteiger partial charge in [0.2, 0.25) is 0 Å². The number of carbonyl (C=O) groups excluding carboxylic acids is 1. The van der Waals surface area contributed by atoms with Crippen LogP contribution in [0.2, 0.25) is 0 Å². The van der Waals surface area contributed by atoms with Crippen molar-refractivity contribution in [2.75, 3.05) is 20.8 Å². The number of ether oxygens (including phenoxy) is 2. The first-order valence-corrected chi connectivity index (χ1v) is 11.1. The van der Waals surface area contributed by atoms with E-state index in [1.807, 2.05) is 28.9 Å². The van der Waals surface area contributed by atoms with Crippen molar-refractivity contribution in [2.45, 2.75) is 39.3 Å². The second kappa shape index (κ2) is 8.00. The van der Waals surface area contributed by atoms with E-state index in [1.165, 1.54) is 18.5 Å². The molecule has 3 aromatic rings. The van der Waals surface area contributed by atoms with Crippen LogP contribution >= 0.6 is 0 Å². The Kier molecular flexibility index (Phi) is 5.15. The largest absolute Gasteiger partial charge is 0.493 e. The van der Waals surface area contributed by atoms with Crippen LogP contribution in [0.15, 0.2) is 24.4 Å². The molecule has 32 heavy (non-hydrogen) atoms. The number of hydrogen-bond acceptors (Lipinski definition) is 5. The van der Waals surface area contributed by atoms with E-state index >= 15 is 0 Å². The van der Waals surface area contributed by atoms with Gasteiger partial charge >= 0.3 is 0 Å². The molecule has 0 bridgehead atoms. The van der Waals surface area contributed by atoms with Gasteiger partial charge in [-0.3, -0.25) is 9.48 Å². The first-order valence-electron chi connectivity index (χ1n) is 11.1. The summed E-state index contributed by atoms with van der Waals surface area (Å²) in [6.45, 7) is 4.20. The number of nitrogens with zero attached hydrogens (tertiary/aromatic N) is 5. The summed E-state index contributed by atoms with van der Waals surface area (Å²) in [4.78, 5) is 20.1. The van der Waals surface area contributed by atoms with E-state index in [1.54, 1.807) is 26.4 Å². The second-order valence-corrected chi connectivity index (χ2v) is 8.69. The van der Waals surface area contributed by atoms with Crippen molar-refractivity contribution in [3.63, 3.8) is 0 Å². The minimum atomic E-state index is -0.0706. The van der Waals surface area contributed by atoms with Gasteiger partial charge in [0.1, 0.15) is 5.69 Å². The highest BCUT2D eigenvalue weighted by molar-refractivity contribution is 5.98. The van der Waals surface area contributed by atoms with Crippen LogP contribution in [0.5, 0.6) is 11.5 Å². The Hall–Kier alpha value is -3.29. The zero-order valence-electron chi connectivity index (χ0n) is 19.1. The molecule has 168 valence electrons. The van der Waals surface area contributed by atoms with Crippen molar-refractivity contribution < 1.29 is 14.3 Å². The minimum Gasteiger partial charge on any atom is -0.493 e. The smallest absolute Gasteiger partial charge is 0.258 e. The lowest BCUT2D eigenvalue weighted by Crippen LogP contribution is -2.36. The average Bonchev–Trinajstić information content (AvgIpc) is 3.49. The summed E-state index contributed by atoms with van der Waals surface area (Å²) in [6, 6.07) is 5.40. The molecule has 5 rings (SSSR count). The van der Waals surface area contributed by atoms with Gasteiger partial charge in [-0.2, -0.15) is 5.10 Å². The van der Waals surface area contributed by atoms with Crippen LogP contribution < -0.4 is 9.47 Å². The fourth-order valence-electron chi connectivity index (χ4n) is 4.61. The molecule has 1 saturated carbocycles. The summed E-state index contributed by atoms with van der Waals surface area (Å²) in [6.07, 6.45) is 5.23. The van der Waals surface area contributed by atoms with Crippen LogP contribution in [0.1, 0.15) is 40.2 Å². The molecule has 0 unspecified atom stereocenters. The molecular formula is C24H29N5O3. The molecule has 1 fully saturated rings. The van der Waals surface area contributed by atoms with Gasteiger partial charge in [-0.1, -0.05) is 6.07 Å². The van der Waals surface area contributed by atoms with Gasteiger partial charge in [0.25, 0.3) is 5.91 Å². The molecule has 0 N–H and O–H groups in total. The Morgan fingerprint density at radius 3 is 2.75 bits per heavy atom. The van der Waals surface area contributed by atoms with Gasteiger partial charge in [0.05, 0.1) is 26.3 Å². The number of imidazole rings is 1. The maximum atomic E-state index is 13.5. The van der Waals surface area contributed by atoms with Gasteiger partial charge in [0.15, 0.2) is 17.3 Å². The predicted molar refractivity (Wildman–Crippen MR) is 120 cm³/mol. The molecule has 0 saturated heterocycles. The third-order valence-electron chi connectivity index (χ3n) is 6.57. The maximum absolute atomic E-state index is 13.5. The fourth-order valence-corrected chi connectivity index (χ4v) is 4.61. The van der Waals surface area contributed by atoms with Crippen LogP contribution in [-0.2, 0) is 26.6 Å². The van der Waals surface area contributed by atoms with Crippen LogP contribution in [0.4, 0.5) is 0 Å². The van der Waals surface area contributed by atoms with Gasteiger partial charge in [0, 0.05) is 49.7 Å².